The van der Waals surface area contributed by atoms with E-state index in [0.717, 1.165) is 30.2 Å². The molecule has 1 aliphatic rings. The second-order valence-electron chi connectivity index (χ2n) is 7.28. The Morgan fingerprint density at radius 3 is 2.70 bits per heavy atom. The molecule has 0 fully saturated rings. The maximum absolute atomic E-state index is 13.5. The van der Waals surface area contributed by atoms with E-state index in [0.29, 0.717) is 42.1 Å². The molecule has 5 nitrogen and oxygen atoms in total. The van der Waals surface area contributed by atoms with E-state index in [9.17, 15) is 13.6 Å². The van der Waals surface area contributed by atoms with Crippen LogP contribution in [0.15, 0.2) is 48.8 Å². The van der Waals surface area contributed by atoms with Crippen LogP contribution in [0.2, 0.25) is 0 Å². The summed E-state index contributed by atoms with van der Waals surface area (Å²) in [4.78, 5) is 23.2. The van der Waals surface area contributed by atoms with E-state index in [2.05, 4.69) is 15.3 Å². The third-order valence-corrected chi connectivity index (χ3v) is 5.10. The van der Waals surface area contributed by atoms with Gasteiger partial charge < -0.3 is 10.2 Å². The molecule has 2 aromatic carbocycles. The average Bonchev–Trinajstić information content (AvgIpc) is 3.15. The van der Waals surface area contributed by atoms with Crippen molar-refractivity contribution in [1.82, 2.24) is 15.3 Å². The fraction of sp³-hybridized carbons (Fsp3) is 0.261. The van der Waals surface area contributed by atoms with Gasteiger partial charge >= 0.3 is 0 Å². The molecule has 0 saturated heterocycles. The summed E-state index contributed by atoms with van der Waals surface area (Å²) < 4.78 is 27.0. The molecule has 154 valence electrons. The second kappa shape index (κ2) is 8.57. The third kappa shape index (κ3) is 4.15. The van der Waals surface area contributed by atoms with E-state index in [-0.39, 0.29) is 5.91 Å². The highest BCUT2D eigenvalue weighted by atomic mass is 19.1. The van der Waals surface area contributed by atoms with Gasteiger partial charge in [-0.15, -0.1) is 0 Å². The molecule has 0 saturated carbocycles. The first kappa shape index (κ1) is 19.9. The number of carbonyl (C=O) groups excluding carboxylic acids is 1. The van der Waals surface area contributed by atoms with E-state index in [1.165, 1.54) is 18.5 Å². The van der Waals surface area contributed by atoms with Crippen LogP contribution in [-0.4, -0.2) is 29.0 Å². The van der Waals surface area contributed by atoms with Crippen molar-refractivity contribution >= 4 is 17.4 Å². The smallest absolute Gasteiger partial charge is 0.251 e. The lowest BCUT2D eigenvalue weighted by Crippen LogP contribution is -2.25. The summed E-state index contributed by atoms with van der Waals surface area (Å²) in [5.41, 5.74) is 3.80. The number of hydrogen-bond donors (Lipinski definition) is 1. The molecule has 0 bridgehead atoms. The first-order chi connectivity index (χ1) is 14.5. The number of benzene rings is 2. The van der Waals surface area contributed by atoms with Gasteiger partial charge in [0.15, 0.2) is 0 Å². The average molecular weight is 408 g/mol. The van der Waals surface area contributed by atoms with Crippen LogP contribution in [0.1, 0.15) is 40.5 Å². The Balaban J connectivity index is 1.60. The van der Waals surface area contributed by atoms with Crippen LogP contribution in [-0.2, 0) is 12.8 Å². The van der Waals surface area contributed by atoms with Crippen LogP contribution in [0.5, 0.6) is 0 Å². The summed E-state index contributed by atoms with van der Waals surface area (Å²) in [6.07, 6.45) is 3.37. The number of hydrogen-bond acceptors (Lipinski definition) is 4. The predicted octanol–water partition coefficient (Wildman–Crippen LogP) is 4.18. The number of nitrogens with one attached hydrogen (secondary N) is 1. The van der Waals surface area contributed by atoms with Gasteiger partial charge in [0, 0.05) is 42.9 Å². The van der Waals surface area contributed by atoms with Crippen LogP contribution < -0.4 is 10.2 Å². The molecule has 2 heterocycles. The highest BCUT2D eigenvalue weighted by Crippen LogP contribution is 2.35. The number of amides is 1. The fourth-order valence-electron chi connectivity index (χ4n) is 3.77. The number of carbonyl (C=O) groups is 1. The van der Waals surface area contributed by atoms with E-state index < -0.39 is 11.6 Å². The van der Waals surface area contributed by atoms with Gasteiger partial charge in [0.25, 0.3) is 5.91 Å². The van der Waals surface area contributed by atoms with E-state index in [1.54, 1.807) is 0 Å². The molecule has 0 spiro atoms. The van der Waals surface area contributed by atoms with Crippen molar-refractivity contribution in [2.75, 3.05) is 18.0 Å². The molecule has 4 rings (SSSR count). The normalized spacial score (nSPS) is 12.7. The number of aromatic nitrogens is 2. The maximum atomic E-state index is 13.5. The summed E-state index contributed by atoms with van der Waals surface area (Å²) in [5.74, 6) is -0.586. The first-order valence-electron chi connectivity index (χ1n) is 9.98. The summed E-state index contributed by atoms with van der Waals surface area (Å²) >= 11 is 0. The molecule has 3 aromatic rings. The van der Waals surface area contributed by atoms with Crippen LogP contribution in [0.4, 0.5) is 20.3 Å². The highest BCUT2D eigenvalue weighted by molar-refractivity contribution is 5.98. The summed E-state index contributed by atoms with van der Waals surface area (Å²) in [7, 11) is 0. The van der Waals surface area contributed by atoms with Crippen LogP contribution in [0.3, 0.4) is 0 Å². The zero-order valence-electron chi connectivity index (χ0n) is 16.7. The summed E-state index contributed by atoms with van der Waals surface area (Å²) in [6.45, 7) is 3.35. The first-order valence-corrected chi connectivity index (χ1v) is 9.98. The molecule has 1 N–H and O–H groups in total. The fourth-order valence-corrected chi connectivity index (χ4v) is 3.77. The van der Waals surface area contributed by atoms with E-state index >= 15 is 0 Å². The van der Waals surface area contributed by atoms with Gasteiger partial charge in [-0.3, -0.25) is 4.79 Å². The van der Waals surface area contributed by atoms with Gasteiger partial charge in [0.05, 0.1) is 5.69 Å². The second-order valence-corrected chi connectivity index (χ2v) is 7.28. The summed E-state index contributed by atoms with van der Waals surface area (Å²) in [6, 6.07) is 11.0. The number of nitrogens with zero attached hydrogens (tertiary/aromatic N) is 3. The molecule has 0 radical (unpaired) electrons. The van der Waals surface area contributed by atoms with Gasteiger partial charge in [0.1, 0.15) is 23.8 Å². The Hall–Kier alpha value is -3.35. The van der Waals surface area contributed by atoms with Gasteiger partial charge in [0.2, 0.25) is 0 Å². The van der Waals surface area contributed by atoms with Gasteiger partial charge in [-0.25, -0.2) is 18.7 Å². The Labute approximate surface area is 173 Å². The molecule has 1 aliphatic heterocycles. The Morgan fingerprint density at radius 1 is 1.13 bits per heavy atom. The highest BCUT2D eigenvalue weighted by Gasteiger charge is 2.26. The quantitative estimate of drug-likeness (QED) is 0.665. The number of rotatable bonds is 6. The zero-order valence-corrected chi connectivity index (χ0v) is 16.7. The predicted molar refractivity (Wildman–Crippen MR) is 111 cm³/mol. The Morgan fingerprint density at radius 2 is 1.93 bits per heavy atom. The lowest BCUT2D eigenvalue weighted by Gasteiger charge is -2.19. The minimum absolute atomic E-state index is 0.0629. The van der Waals surface area contributed by atoms with Crippen molar-refractivity contribution < 1.29 is 13.6 Å². The van der Waals surface area contributed by atoms with Gasteiger partial charge in [-0.1, -0.05) is 13.0 Å². The number of fused-ring (bicyclic) bond motifs is 1. The van der Waals surface area contributed by atoms with E-state index in [4.69, 9.17) is 0 Å². The molecular formula is C23H22F2N4O. The third-order valence-electron chi connectivity index (χ3n) is 5.10. The van der Waals surface area contributed by atoms with Gasteiger partial charge in [-0.05, 0) is 48.2 Å². The van der Waals surface area contributed by atoms with Crippen molar-refractivity contribution in [1.29, 1.82) is 0 Å². The molecule has 1 amide bonds. The van der Waals surface area contributed by atoms with Crippen LogP contribution >= 0.6 is 0 Å². The molecular weight excluding hydrogens is 386 g/mol. The minimum atomic E-state index is -0.610. The molecule has 30 heavy (non-hydrogen) atoms. The molecule has 0 aliphatic carbocycles. The van der Waals surface area contributed by atoms with Crippen molar-refractivity contribution in [3.8, 4) is 0 Å². The standard InChI is InChI=1S/C23H22F2N4O/c1-2-7-26-23(30)20-4-3-5-21-19(20)6-8-29(21)22-13-18(27-14-28-22)11-15-9-16(24)12-17(25)10-15/h3-5,9-10,12-14H,2,6-8,11H2,1H3,(H,26,30). The Bertz CT molecular complexity index is 1070. The Kier molecular flexibility index (Phi) is 5.70. The van der Waals surface area contributed by atoms with Crippen molar-refractivity contribution in [3.05, 3.63) is 82.8 Å². The van der Waals surface area contributed by atoms with Crippen LogP contribution in [0, 0.1) is 11.6 Å². The topological polar surface area (TPSA) is 58.1 Å². The lowest BCUT2D eigenvalue weighted by molar-refractivity contribution is 0.0953. The monoisotopic (exact) mass is 408 g/mol. The summed E-state index contributed by atoms with van der Waals surface area (Å²) in [5, 5.41) is 2.93. The maximum Gasteiger partial charge on any atom is 0.251 e. The number of anilines is 2. The van der Waals surface area contributed by atoms with Crippen molar-refractivity contribution in [2.24, 2.45) is 0 Å². The largest absolute Gasteiger partial charge is 0.352 e. The molecule has 1 aromatic heterocycles. The molecule has 0 unspecified atom stereocenters. The SMILES string of the molecule is CCCNC(=O)c1cccc2c1CCN2c1cc(Cc2cc(F)cc(F)c2)ncn1. The number of halogens is 2. The van der Waals surface area contributed by atoms with Gasteiger partial charge in [-0.2, -0.15) is 0 Å². The van der Waals surface area contributed by atoms with Crippen molar-refractivity contribution in [3.63, 3.8) is 0 Å². The minimum Gasteiger partial charge on any atom is -0.352 e. The van der Waals surface area contributed by atoms with E-state index in [1.807, 2.05) is 36.1 Å². The van der Waals surface area contributed by atoms with Crippen molar-refractivity contribution in [2.45, 2.75) is 26.2 Å². The molecule has 7 heteroatoms. The zero-order chi connectivity index (χ0) is 21.1. The lowest BCUT2D eigenvalue weighted by atomic mass is 10.0. The molecule has 0 atom stereocenters. The van der Waals surface area contributed by atoms with Crippen LogP contribution in [0.25, 0.3) is 0 Å².